The predicted molar refractivity (Wildman–Crippen MR) is 73.6 cm³/mol. The van der Waals surface area contributed by atoms with E-state index in [1.165, 1.54) is 17.7 Å². The Morgan fingerprint density at radius 2 is 1.94 bits per heavy atom. The third-order valence-electron chi connectivity index (χ3n) is 3.06. The fraction of sp³-hybridized carbons (Fsp3) is 0.571. The van der Waals surface area contributed by atoms with Crippen LogP contribution in [0, 0.1) is 5.92 Å². The van der Waals surface area contributed by atoms with Crippen LogP contribution in [0.2, 0.25) is 0 Å². The van der Waals surface area contributed by atoms with Crippen molar-refractivity contribution in [1.29, 1.82) is 0 Å². The van der Waals surface area contributed by atoms with E-state index in [0.29, 0.717) is 0 Å². The Morgan fingerprint density at radius 1 is 1.18 bits per heavy atom. The van der Waals surface area contributed by atoms with Gasteiger partial charge in [0.05, 0.1) is 0 Å². The molecule has 2 nitrogen and oxygen atoms in total. The van der Waals surface area contributed by atoms with Crippen LogP contribution in [0.5, 0.6) is 0 Å². The van der Waals surface area contributed by atoms with Gasteiger partial charge in [0, 0.05) is 30.4 Å². The molecule has 0 atom stereocenters. The summed E-state index contributed by atoms with van der Waals surface area (Å²) in [7, 11) is 0. The van der Waals surface area contributed by atoms with Crippen molar-refractivity contribution in [3.05, 3.63) is 30.3 Å². The monoisotopic (exact) mass is 251 g/mol. The lowest BCUT2D eigenvalue weighted by atomic mass is 10.0. The summed E-state index contributed by atoms with van der Waals surface area (Å²) in [5.41, 5.74) is 0. The minimum absolute atomic E-state index is 0.825. The van der Waals surface area contributed by atoms with Gasteiger partial charge in [-0.2, -0.15) is 0 Å². The highest BCUT2D eigenvalue weighted by molar-refractivity contribution is 7.99. The van der Waals surface area contributed by atoms with Gasteiger partial charge in [0.1, 0.15) is 0 Å². The maximum atomic E-state index is 5.35. The Balaban J connectivity index is 1.51. The zero-order valence-electron chi connectivity index (χ0n) is 10.2. The van der Waals surface area contributed by atoms with Crippen molar-refractivity contribution in [1.82, 2.24) is 5.32 Å². The number of rotatable bonds is 6. The number of nitrogens with one attached hydrogen (secondary N) is 1. The fourth-order valence-corrected chi connectivity index (χ4v) is 2.85. The number of benzene rings is 1. The molecule has 0 aromatic heterocycles. The Kier molecular flexibility index (Phi) is 5.89. The lowest BCUT2D eigenvalue weighted by molar-refractivity contribution is 0.0665. The summed E-state index contributed by atoms with van der Waals surface area (Å²) in [6, 6.07) is 10.6. The molecule has 0 unspecified atom stereocenters. The number of ether oxygens (including phenoxy) is 1. The molecule has 94 valence electrons. The van der Waals surface area contributed by atoms with Gasteiger partial charge in [-0.3, -0.25) is 0 Å². The first-order valence-corrected chi connectivity index (χ1v) is 7.40. The second-order valence-corrected chi connectivity index (χ2v) is 5.59. The van der Waals surface area contributed by atoms with Crippen LogP contribution in [0.25, 0.3) is 0 Å². The quantitative estimate of drug-likeness (QED) is 0.620. The lowest BCUT2D eigenvalue weighted by Crippen LogP contribution is -2.29. The normalized spacial score (nSPS) is 17.2. The van der Waals surface area contributed by atoms with Gasteiger partial charge in [-0.1, -0.05) is 18.2 Å². The van der Waals surface area contributed by atoms with E-state index in [1.807, 2.05) is 11.8 Å². The van der Waals surface area contributed by atoms with Crippen molar-refractivity contribution in [2.24, 2.45) is 5.92 Å². The second kappa shape index (κ2) is 7.75. The summed E-state index contributed by atoms with van der Waals surface area (Å²) < 4.78 is 5.35. The molecule has 17 heavy (non-hydrogen) atoms. The molecule has 0 bridgehead atoms. The second-order valence-electron chi connectivity index (χ2n) is 4.42. The van der Waals surface area contributed by atoms with Gasteiger partial charge >= 0.3 is 0 Å². The average Bonchev–Trinajstić information content (AvgIpc) is 2.41. The van der Waals surface area contributed by atoms with E-state index in [1.54, 1.807) is 0 Å². The first-order chi connectivity index (χ1) is 8.45. The molecule has 0 radical (unpaired) electrons. The maximum Gasteiger partial charge on any atom is 0.0469 e. The van der Waals surface area contributed by atoms with E-state index in [4.69, 9.17) is 4.74 Å². The average molecular weight is 251 g/mol. The van der Waals surface area contributed by atoms with E-state index >= 15 is 0 Å². The van der Waals surface area contributed by atoms with Crippen LogP contribution in [0.1, 0.15) is 12.8 Å². The van der Waals surface area contributed by atoms with Crippen LogP contribution < -0.4 is 5.32 Å². The van der Waals surface area contributed by atoms with E-state index in [-0.39, 0.29) is 0 Å². The molecule has 1 N–H and O–H groups in total. The van der Waals surface area contributed by atoms with Crippen molar-refractivity contribution in [3.8, 4) is 0 Å². The van der Waals surface area contributed by atoms with Crippen LogP contribution >= 0.6 is 11.8 Å². The van der Waals surface area contributed by atoms with E-state index in [0.717, 1.165) is 38.0 Å². The van der Waals surface area contributed by atoms with E-state index in [2.05, 4.69) is 35.6 Å². The van der Waals surface area contributed by atoms with Crippen molar-refractivity contribution in [3.63, 3.8) is 0 Å². The molecule has 3 heteroatoms. The van der Waals surface area contributed by atoms with Gasteiger partial charge in [0.2, 0.25) is 0 Å². The molecule has 0 amide bonds. The van der Waals surface area contributed by atoms with Crippen LogP contribution in [0.3, 0.4) is 0 Å². The van der Waals surface area contributed by atoms with Gasteiger partial charge < -0.3 is 10.1 Å². The zero-order valence-corrected chi connectivity index (χ0v) is 11.0. The molecule has 1 aliphatic rings. The molecule has 1 aromatic rings. The zero-order chi connectivity index (χ0) is 11.8. The van der Waals surface area contributed by atoms with Gasteiger partial charge in [0.25, 0.3) is 0 Å². The van der Waals surface area contributed by atoms with Crippen molar-refractivity contribution < 1.29 is 4.74 Å². The van der Waals surface area contributed by atoms with Crippen molar-refractivity contribution in [2.45, 2.75) is 17.7 Å². The first kappa shape index (κ1) is 12.9. The maximum absolute atomic E-state index is 5.35. The molecule has 0 aliphatic carbocycles. The van der Waals surface area contributed by atoms with Gasteiger partial charge in [-0.15, -0.1) is 11.8 Å². The highest BCUT2D eigenvalue weighted by atomic mass is 32.2. The van der Waals surface area contributed by atoms with E-state index in [9.17, 15) is 0 Å². The Hall–Kier alpha value is -0.510. The smallest absolute Gasteiger partial charge is 0.0469 e. The Labute approximate surface area is 108 Å². The Bertz CT molecular complexity index is 298. The molecule has 1 fully saturated rings. The highest BCUT2D eigenvalue weighted by Gasteiger charge is 2.12. The number of hydrogen-bond donors (Lipinski definition) is 1. The van der Waals surface area contributed by atoms with E-state index < -0.39 is 0 Å². The third-order valence-corrected chi connectivity index (χ3v) is 4.08. The fourth-order valence-electron chi connectivity index (χ4n) is 2.01. The minimum Gasteiger partial charge on any atom is -0.381 e. The standard InChI is InChI=1S/C14H21NOS/c1-2-4-14(5-3-1)17-11-8-15-12-13-6-9-16-10-7-13/h1-5,13,15H,6-12H2. The summed E-state index contributed by atoms with van der Waals surface area (Å²) >= 11 is 1.92. The molecule has 1 aromatic carbocycles. The summed E-state index contributed by atoms with van der Waals surface area (Å²) in [6.07, 6.45) is 2.44. The molecule has 1 heterocycles. The van der Waals surface area contributed by atoms with Crippen LogP contribution in [0.15, 0.2) is 35.2 Å². The number of thioether (sulfide) groups is 1. The van der Waals surface area contributed by atoms with Crippen LogP contribution in [0.4, 0.5) is 0 Å². The SMILES string of the molecule is c1ccc(SCCNCC2CCOCC2)cc1. The van der Waals surface area contributed by atoms with Crippen LogP contribution in [-0.4, -0.2) is 32.1 Å². The minimum atomic E-state index is 0.825. The summed E-state index contributed by atoms with van der Waals surface area (Å²) in [4.78, 5) is 1.36. The van der Waals surface area contributed by atoms with Crippen molar-refractivity contribution in [2.75, 3.05) is 32.1 Å². The molecule has 1 aliphatic heterocycles. The summed E-state index contributed by atoms with van der Waals surface area (Å²) in [6.45, 7) is 4.14. The Morgan fingerprint density at radius 3 is 2.71 bits per heavy atom. The topological polar surface area (TPSA) is 21.3 Å². The highest BCUT2D eigenvalue weighted by Crippen LogP contribution is 2.16. The molecular formula is C14H21NOS. The summed E-state index contributed by atoms with van der Waals surface area (Å²) in [5, 5.41) is 3.55. The lowest BCUT2D eigenvalue weighted by Gasteiger charge is -2.22. The predicted octanol–water partition coefficient (Wildman–Crippen LogP) is 2.79. The molecule has 1 saturated heterocycles. The summed E-state index contributed by atoms with van der Waals surface area (Å²) in [5.74, 6) is 1.97. The molecule has 0 saturated carbocycles. The number of hydrogen-bond acceptors (Lipinski definition) is 3. The van der Waals surface area contributed by atoms with Crippen LogP contribution in [-0.2, 0) is 4.74 Å². The molecule has 0 spiro atoms. The molecule has 2 rings (SSSR count). The van der Waals surface area contributed by atoms with Gasteiger partial charge in [0.15, 0.2) is 0 Å². The van der Waals surface area contributed by atoms with Gasteiger partial charge in [-0.25, -0.2) is 0 Å². The third kappa shape index (κ3) is 5.11. The van der Waals surface area contributed by atoms with Crippen molar-refractivity contribution >= 4 is 11.8 Å². The first-order valence-electron chi connectivity index (χ1n) is 6.41. The van der Waals surface area contributed by atoms with Gasteiger partial charge in [-0.05, 0) is 37.4 Å². The largest absolute Gasteiger partial charge is 0.381 e. The molecular weight excluding hydrogens is 230 g/mol.